The second kappa shape index (κ2) is 9.32. The highest BCUT2D eigenvalue weighted by Crippen LogP contribution is 2.24. The molecule has 162 valence electrons. The number of oxazole rings is 1. The highest BCUT2D eigenvalue weighted by Gasteiger charge is 2.19. The molecule has 0 bridgehead atoms. The molecule has 4 rings (SSSR count). The molecule has 1 fully saturated rings. The van der Waals surface area contributed by atoms with E-state index in [0.29, 0.717) is 23.7 Å². The molecule has 31 heavy (non-hydrogen) atoms. The first-order valence-electron chi connectivity index (χ1n) is 10.4. The Labute approximate surface area is 182 Å². The zero-order chi connectivity index (χ0) is 21.8. The maximum atomic E-state index is 13.2. The highest BCUT2D eigenvalue weighted by molar-refractivity contribution is 6.05. The van der Waals surface area contributed by atoms with E-state index in [1.54, 1.807) is 20.3 Å². The van der Waals surface area contributed by atoms with Gasteiger partial charge in [-0.15, -0.1) is 0 Å². The normalized spacial score (nSPS) is 15.1. The summed E-state index contributed by atoms with van der Waals surface area (Å²) < 4.78 is 10.7. The first kappa shape index (κ1) is 21.1. The van der Waals surface area contributed by atoms with Gasteiger partial charge in [-0.3, -0.25) is 9.69 Å². The van der Waals surface area contributed by atoms with Crippen LogP contribution < -0.4 is 10.1 Å². The molecule has 0 radical (unpaired) electrons. The quantitative estimate of drug-likeness (QED) is 0.656. The fourth-order valence-corrected chi connectivity index (χ4v) is 3.75. The van der Waals surface area contributed by atoms with Crippen molar-refractivity contribution in [3.05, 3.63) is 65.7 Å². The van der Waals surface area contributed by atoms with Crippen LogP contribution in [0.3, 0.4) is 0 Å². The summed E-state index contributed by atoms with van der Waals surface area (Å²) in [6.45, 7) is 6.54. The number of benzene rings is 2. The average molecular weight is 421 g/mol. The summed E-state index contributed by atoms with van der Waals surface area (Å²) in [5.41, 5.74) is 3.97. The Bertz CT molecular complexity index is 1050. The number of likely N-dealkylation sites (N-methyl/N-ethyl adjacent to an activating group) is 1. The minimum Gasteiger partial charge on any atom is -0.497 e. The number of aryl methyl sites for hydroxylation is 1. The maximum absolute atomic E-state index is 13.2. The van der Waals surface area contributed by atoms with Gasteiger partial charge in [0.05, 0.1) is 7.11 Å². The zero-order valence-corrected chi connectivity index (χ0v) is 18.2. The standard InChI is InChI=1S/C24H28N4O3/c1-17-25-23(16-31-17)18-5-4-6-20(13-18)26-24(29)22-8-7-21(30-3)14-19(22)15-28-11-9-27(2)10-12-28/h4-8,13-14,16H,9-12,15H2,1-3H3,(H,26,29). The molecule has 0 saturated carbocycles. The monoisotopic (exact) mass is 420 g/mol. The highest BCUT2D eigenvalue weighted by atomic mass is 16.5. The fourth-order valence-electron chi connectivity index (χ4n) is 3.75. The second-order valence-electron chi connectivity index (χ2n) is 7.89. The molecule has 0 aliphatic carbocycles. The molecular weight excluding hydrogens is 392 g/mol. The smallest absolute Gasteiger partial charge is 0.255 e. The lowest BCUT2D eigenvalue weighted by atomic mass is 10.0. The Morgan fingerprint density at radius 1 is 1.16 bits per heavy atom. The van der Waals surface area contributed by atoms with Gasteiger partial charge in [-0.2, -0.15) is 0 Å². The predicted octanol–water partition coefficient (Wildman–Crippen LogP) is 3.66. The summed E-state index contributed by atoms with van der Waals surface area (Å²) in [7, 11) is 3.78. The number of nitrogens with one attached hydrogen (secondary N) is 1. The molecular formula is C24H28N4O3. The number of carbonyl (C=O) groups excluding carboxylic acids is 1. The molecule has 0 atom stereocenters. The number of aromatic nitrogens is 1. The number of amides is 1. The average Bonchev–Trinajstić information content (AvgIpc) is 3.22. The molecule has 1 N–H and O–H groups in total. The summed E-state index contributed by atoms with van der Waals surface area (Å²) in [5, 5.41) is 3.03. The van der Waals surface area contributed by atoms with E-state index in [0.717, 1.165) is 48.7 Å². The number of ether oxygens (including phenoxy) is 1. The van der Waals surface area contributed by atoms with E-state index in [1.807, 2.05) is 42.5 Å². The van der Waals surface area contributed by atoms with Crippen LogP contribution in [0.1, 0.15) is 21.8 Å². The summed E-state index contributed by atoms with van der Waals surface area (Å²) in [6.07, 6.45) is 1.62. The lowest BCUT2D eigenvalue weighted by molar-refractivity contribution is 0.102. The van der Waals surface area contributed by atoms with Crippen LogP contribution in [0.2, 0.25) is 0 Å². The molecule has 1 aromatic heterocycles. The van der Waals surface area contributed by atoms with Crippen LogP contribution in [0, 0.1) is 6.92 Å². The lowest BCUT2D eigenvalue weighted by Gasteiger charge is -2.32. The van der Waals surface area contributed by atoms with Gasteiger partial charge in [0.15, 0.2) is 5.89 Å². The van der Waals surface area contributed by atoms with Gasteiger partial charge in [-0.1, -0.05) is 12.1 Å². The molecule has 3 aromatic rings. The van der Waals surface area contributed by atoms with Gasteiger partial charge >= 0.3 is 0 Å². The van der Waals surface area contributed by atoms with Crippen LogP contribution in [0.4, 0.5) is 5.69 Å². The maximum Gasteiger partial charge on any atom is 0.255 e. The SMILES string of the molecule is COc1ccc(C(=O)Nc2cccc(-c3coc(C)n3)c2)c(CN2CCN(C)CC2)c1. The third kappa shape index (κ3) is 5.13. The third-order valence-electron chi connectivity index (χ3n) is 5.58. The van der Waals surface area contributed by atoms with Crippen molar-refractivity contribution in [2.45, 2.75) is 13.5 Å². The third-order valence-corrected chi connectivity index (χ3v) is 5.58. The number of anilines is 1. The Morgan fingerprint density at radius 2 is 1.97 bits per heavy atom. The number of methoxy groups -OCH3 is 1. The van der Waals surface area contributed by atoms with Crippen LogP contribution in [0.25, 0.3) is 11.3 Å². The molecule has 7 nitrogen and oxygen atoms in total. The van der Waals surface area contributed by atoms with Crippen molar-refractivity contribution in [2.24, 2.45) is 0 Å². The van der Waals surface area contributed by atoms with Crippen molar-refractivity contribution in [1.82, 2.24) is 14.8 Å². The van der Waals surface area contributed by atoms with Gasteiger partial charge in [0.2, 0.25) is 0 Å². The number of rotatable bonds is 6. The van der Waals surface area contributed by atoms with Crippen molar-refractivity contribution in [2.75, 3.05) is 45.7 Å². The predicted molar refractivity (Wildman–Crippen MR) is 120 cm³/mol. The van der Waals surface area contributed by atoms with Crippen LogP contribution in [0.5, 0.6) is 5.75 Å². The molecule has 2 heterocycles. The van der Waals surface area contributed by atoms with Crippen molar-refractivity contribution in [1.29, 1.82) is 0 Å². The lowest BCUT2D eigenvalue weighted by Crippen LogP contribution is -2.44. The van der Waals surface area contributed by atoms with Crippen molar-refractivity contribution in [3.8, 4) is 17.0 Å². The Morgan fingerprint density at radius 3 is 2.68 bits per heavy atom. The number of hydrogen-bond donors (Lipinski definition) is 1. The summed E-state index contributed by atoms with van der Waals surface area (Å²) in [6, 6.07) is 13.2. The van der Waals surface area contributed by atoms with Crippen molar-refractivity contribution >= 4 is 11.6 Å². The van der Waals surface area contributed by atoms with Gasteiger partial charge in [-0.05, 0) is 42.9 Å². The second-order valence-corrected chi connectivity index (χ2v) is 7.89. The van der Waals surface area contributed by atoms with Gasteiger partial charge in [0, 0.05) is 56.5 Å². The van der Waals surface area contributed by atoms with Gasteiger partial charge in [0.1, 0.15) is 17.7 Å². The number of piperazine rings is 1. The number of hydrogen-bond acceptors (Lipinski definition) is 6. The van der Waals surface area contributed by atoms with Crippen LogP contribution >= 0.6 is 0 Å². The Balaban J connectivity index is 1.54. The van der Waals surface area contributed by atoms with E-state index >= 15 is 0 Å². The minimum absolute atomic E-state index is 0.139. The van der Waals surface area contributed by atoms with Crippen LogP contribution in [0.15, 0.2) is 53.1 Å². The number of nitrogens with zero attached hydrogens (tertiary/aromatic N) is 3. The first-order chi connectivity index (χ1) is 15.0. The largest absolute Gasteiger partial charge is 0.497 e. The van der Waals surface area contributed by atoms with E-state index < -0.39 is 0 Å². The van der Waals surface area contributed by atoms with Gasteiger partial charge in [0.25, 0.3) is 5.91 Å². The van der Waals surface area contributed by atoms with Crippen molar-refractivity contribution < 1.29 is 13.9 Å². The van der Waals surface area contributed by atoms with E-state index in [9.17, 15) is 4.79 Å². The molecule has 1 saturated heterocycles. The molecule has 7 heteroatoms. The van der Waals surface area contributed by atoms with E-state index in [4.69, 9.17) is 9.15 Å². The topological polar surface area (TPSA) is 70.8 Å². The van der Waals surface area contributed by atoms with E-state index in [-0.39, 0.29) is 5.91 Å². The van der Waals surface area contributed by atoms with E-state index in [2.05, 4.69) is 27.1 Å². The molecule has 0 spiro atoms. The van der Waals surface area contributed by atoms with Crippen LogP contribution in [-0.2, 0) is 6.54 Å². The van der Waals surface area contributed by atoms with Gasteiger partial charge < -0.3 is 19.4 Å². The minimum atomic E-state index is -0.139. The molecule has 1 aliphatic rings. The van der Waals surface area contributed by atoms with Gasteiger partial charge in [-0.25, -0.2) is 4.98 Å². The Hall–Kier alpha value is -3.16. The number of carbonyl (C=O) groups is 1. The molecule has 1 aliphatic heterocycles. The zero-order valence-electron chi connectivity index (χ0n) is 18.2. The van der Waals surface area contributed by atoms with E-state index in [1.165, 1.54) is 0 Å². The van der Waals surface area contributed by atoms with Crippen LogP contribution in [-0.4, -0.2) is 61.0 Å². The first-order valence-corrected chi connectivity index (χ1v) is 10.4. The summed E-state index contributed by atoms with van der Waals surface area (Å²) in [5.74, 6) is 1.22. The molecule has 0 unspecified atom stereocenters. The summed E-state index contributed by atoms with van der Waals surface area (Å²) >= 11 is 0. The fraction of sp³-hybridized carbons (Fsp3) is 0.333. The molecule has 1 amide bonds. The Kier molecular flexibility index (Phi) is 6.34. The molecule has 2 aromatic carbocycles. The summed E-state index contributed by atoms with van der Waals surface area (Å²) in [4.78, 5) is 22.2. The van der Waals surface area contributed by atoms with Crippen molar-refractivity contribution in [3.63, 3.8) is 0 Å².